The Balaban J connectivity index is 2.02. The molecule has 1 atom stereocenters. The average molecular weight is 232 g/mol. The topological polar surface area (TPSA) is 29.3 Å². The van der Waals surface area contributed by atoms with Gasteiger partial charge in [-0.1, -0.05) is 18.6 Å². The standard InChI is InChI=1S/C15H24N2/c1-3-17(11-13-5-4-6-13)15-9-7-14(8-10-15)12(2)16/h7-10,12-13H,3-6,11,16H2,1-2H3. The zero-order valence-corrected chi connectivity index (χ0v) is 11.0. The number of rotatable bonds is 5. The van der Waals surface area contributed by atoms with E-state index in [1.807, 2.05) is 6.92 Å². The second kappa shape index (κ2) is 5.54. The smallest absolute Gasteiger partial charge is 0.0366 e. The van der Waals surface area contributed by atoms with Crippen LogP contribution in [0.1, 0.15) is 44.7 Å². The van der Waals surface area contributed by atoms with E-state index >= 15 is 0 Å². The summed E-state index contributed by atoms with van der Waals surface area (Å²) in [7, 11) is 0. The van der Waals surface area contributed by atoms with E-state index in [4.69, 9.17) is 5.73 Å². The average Bonchev–Trinajstić information content (AvgIpc) is 2.28. The Morgan fingerprint density at radius 2 is 1.94 bits per heavy atom. The zero-order valence-electron chi connectivity index (χ0n) is 11.0. The summed E-state index contributed by atoms with van der Waals surface area (Å²) >= 11 is 0. The van der Waals surface area contributed by atoms with E-state index < -0.39 is 0 Å². The van der Waals surface area contributed by atoms with Gasteiger partial charge in [0.2, 0.25) is 0 Å². The minimum atomic E-state index is 0.130. The number of nitrogens with zero attached hydrogens (tertiary/aromatic N) is 1. The zero-order chi connectivity index (χ0) is 12.3. The van der Waals surface area contributed by atoms with Gasteiger partial charge in [0, 0.05) is 24.8 Å². The van der Waals surface area contributed by atoms with Crippen LogP contribution >= 0.6 is 0 Å². The van der Waals surface area contributed by atoms with Gasteiger partial charge >= 0.3 is 0 Å². The molecule has 17 heavy (non-hydrogen) atoms. The number of anilines is 1. The fourth-order valence-corrected chi connectivity index (χ4v) is 2.39. The molecule has 1 aliphatic rings. The summed E-state index contributed by atoms with van der Waals surface area (Å²) in [5.41, 5.74) is 8.42. The Bertz CT molecular complexity index is 338. The number of nitrogens with two attached hydrogens (primary N) is 1. The van der Waals surface area contributed by atoms with Crippen molar-refractivity contribution in [2.75, 3.05) is 18.0 Å². The van der Waals surface area contributed by atoms with Crippen LogP contribution in [0, 0.1) is 5.92 Å². The maximum absolute atomic E-state index is 5.87. The van der Waals surface area contributed by atoms with Crippen molar-refractivity contribution in [2.45, 2.75) is 39.2 Å². The predicted molar refractivity (Wildman–Crippen MR) is 74.3 cm³/mol. The summed E-state index contributed by atoms with van der Waals surface area (Å²) in [5.74, 6) is 0.919. The van der Waals surface area contributed by atoms with Gasteiger partial charge in [-0.2, -0.15) is 0 Å². The SMILES string of the molecule is CCN(CC1CCC1)c1ccc(C(C)N)cc1. The van der Waals surface area contributed by atoms with E-state index in [0.29, 0.717) is 0 Å². The van der Waals surface area contributed by atoms with Gasteiger partial charge in [-0.15, -0.1) is 0 Å². The molecule has 94 valence electrons. The first-order valence-corrected chi connectivity index (χ1v) is 6.81. The minimum Gasteiger partial charge on any atom is -0.372 e. The van der Waals surface area contributed by atoms with Crippen molar-refractivity contribution in [1.29, 1.82) is 0 Å². The molecule has 0 spiro atoms. The number of benzene rings is 1. The number of hydrogen-bond acceptors (Lipinski definition) is 2. The van der Waals surface area contributed by atoms with Crippen molar-refractivity contribution in [3.63, 3.8) is 0 Å². The van der Waals surface area contributed by atoms with Crippen LogP contribution < -0.4 is 10.6 Å². The van der Waals surface area contributed by atoms with Crippen molar-refractivity contribution in [3.05, 3.63) is 29.8 Å². The first-order chi connectivity index (χ1) is 8.20. The Morgan fingerprint density at radius 3 is 2.35 bits per heavy atom. The molecule has 1 fully saturated rings. The molecular weight excluding hydrogens is 208 g/mol. The van der Waals surface area contributed by atoms with Crippen molar-refractivity contribution < 1.29 is 0 Å². The van der Waals surface area contributed by atoms with Crippen molar-refractivity contribution in [3.8, 4) is 0 Å². The van der Waals surface area contributed by atoms with Gasteiger partial charge in [0.1, 0.15) is 0 Å². The van der Waals surface area contributed by atoms with Gasteiger partial charge in [-0.3, -0.25) is 0 Å². The molecule has 0 aromatic heterocycles. The molecule has 1 aromatic rings. The molecule has 0 bridgehead atoms. The molecule has 0 heterocycles. The molecule has 2 rings (SSSR count). The summed E-state index contributed by atoms with van der Waals surface area (Å²) in [4.78, 5) is 2.48. The third-order valence-electron chi connectivity index (χ3n) is 3.87. The molecule has 1 aromatic carbocycles. The molecule has 2 nitrogen and oxygen atoms in total. The maximum Gasteiger partial charge on any atom is 0.0366 e. The van der Waals surface area contributed by atoms with Gasteiger partial charge in [-0.25, -0.2) is 0 Å². The first kappa shape index (κ1) is 12.4. The van der Waals surface area contributed by atoms with Gasteiger partial charge in [0.05, 0.1) is 0 Å². The molecule has 0 saturated heterocycles. The van der Waals surface area contributed by atoms with Gasteiger partial charge in [-0.05, 0) is 50.3 Å². The minimum absolute atomic E-state index is 0.130. The van der Waals surface area contributed by atoms with E-state index in [1.165, 1.54) is 37.1 Å². The summed E-state index contributed by atoms with van der Waals surface area (Å²) in [6.45, 7) is 6.57. The summed E-state index contributed by atoms with van der Waals surface area (Å²) in [6.07, 6.45) is 4.24. The van der Waals surface area contributed by atoms with Gasteiger partial charge < -0.3 is 10.6 Å². The summed E-state index contributed by atoms with van der Waals surface area (Å²) in [6, 6.07) is 8.86. The highest BCUT2D eigenvalue weighted by Gasteiger charge is 2.20. The van der Waals surface area contributed by atoms with Crippen molar-refractivity contribution in [1.82, 2.24) is 0 Å². The number of hydrogen-bond donors (Lipinski definition) is 1. The summed E-state index contributed by atoms with van der Waals surface area (Å²) in [5, 5.41) is 0. The van der Waals surface area contributed by atoms with E-state index in [1.54, 1.807) is 0 Å². The van der Waals surface area contributed by atoms with Crippen LogP contribution in [0.4, 0.5) is 5.69 Å². The highest BCUT2D eigenvalue weighted by atomic mass is 15.1. The van der Waals surface area contributed by atoms with E-state index in [2.05, 4.69) is 36.1 Å². The van der Waals surface area contributed by atoms with Crippen LogP contribution in [-0.4, -0.2) is 13.1 Å². The van der Waals surface area contributed by atoms with Crippen LogP contribution in [0.25, 0.3) is 0 Å². The molecule has 1 unspecified atom stereocenters. The highest BCUT2D eigenvalue weighted by Crippen LogP contribution is 2.29. The highest BCUT2D eigenvalue weighted by molar-refractivity contribution is 5.48. The molecule has 2 N–H and O–H groups in total. The predicted octanol–water partition coefficient (Wildman–Crippen LogP) is 3.33. The molecule has 2 heteroatoms. The first-order valence-electron chi connectivity index (χ1n) is 6.81. The third-order valence-corrected chi connectivity index (χ3v) is 3.87. The van der Waals surface area contributed by atoms with Crippen molar-refractivity contribution >= 4 is 5.69 Å². The van der Waals surface area contributed by atoms with E-state index in [9.17, 15) is 0 Å². The monoisotopic (exact) mass is 232 g/mol. The second-order valence-electron chi connectivity index (χ2n) is 5.22. The lowest BCUT2D eigenvalue weighted by atomic mass is 9.85. The lowest BCUT2D eigenvalue weighted by molar-refractivity contribution is 0.318. The third kappa shape index (κ3) is 3.01. The Labute approximate surface area is 105 Å². The molecule has 0 radical (unpaired) electrons. The Hall–Kier alpha value is -1.02. The summed E-state index contributed by atoms with van der Waals surface area (Å²) < 4.78 is 0. The molecule has 1 saturated carbocycles. The fraction of sp³-hybridized carbons (Fsp3) is 0.600. The van der Waals surface area contributed by atoms with Gasteiger partial charge in [0.15, 0.2) is 0 Å². The van der Waals surface area contributed by atoms with Crippen LogP contribution in [0.15, 0.2) is 24.3 Å². The normalized spacial score (nSPS) is 17.6. The molecule has 0 aliphatic heterocycles. The van der Waals surface area contributed by atoms with Crippen LogP contribution in [0.3, 0.4) is 0 Å². The molecular formula is C15H24N2. The Morgan fingerprint density at radius 1 is 1.29 bits per heavy atom. The van der Waals surface area contributed by atoms with Gasteiger partial charge in [0.25, 0.3) is 0 Å². The Kier molecular flexibility index (Phi) is 4.06. The van der Waals surface area contributed by atoms with Crippen LogP contribution in [0.2, 0.25) is 0 Å². The lowest BCUT2D eigenvalue weighted by Crippen LogP contribution is -2.32. The van der Waals surface area contributed by atoms with Crippen LogP contribution in [-0.2, 0) is 0 Å². The van der Waals surface area contributed by atoms with E-state index in [0.717, 1.165) is 12.5 Å². The molecule has 0 amide bonds. The van der Waals surface area contributed by atoms with Crippen molar-refractivity contribution in [2.24, 2.45) is 11.7 Å². The fourth-order valence-electron chi connectivity index (χ4n) is 2.39. The van der Waals surface area contributed by atoms with E-state index in [-0.39, 0.29) is 6.04 Å². The molecule has 1 aliphatic carbocycles. The lowest BCUT2D eigenvalue weighted by Gasteiger charge is -2.33. The second-order valence-corrected chi connectivity index (χ2v) is 5.22. The largest absolute Gasteiger partial charge is 0.372 e. The quantitative estimate of drug-likeness (QED) is 0.843. The van der Waals surface area contributed by atoms with Crippen LogP contribution in [0.5, 0.6) is 0 Å². The maximum atomic E-state index is 5.87.